The summed E-state index contributed by atoms with van der Waals surface area (Å²) in [5.74, 6) is 2.12. The molecule has 0 unspecified atom stereocenters. The normalized spacial score (nSPS) is 16.8. The van der Waals surface area contributed by atoms with Gasteiger partial charge in [0.15, 0.2) is 0 Å². The van der Waals surface area contributed by atoms with E-state index in [1.54, 1.807) is 0 Å². The molecule has 1 aliphatic rings. The van der Waals surface area contributed by atoms with E-state index in [9.17, 15) is 0 Å². The monoisotopic (exact) mass is 182 g/mol. The molecule has 0 radical (unpaired) electrons. The van der Waals surface area contributed by atoms with Crippen LogP contribution in [-0.2, 0) is 0 Å². The third kappa shape index (κ3) is 3.02. The van der Waals surface area contributed by atoms with Crippen molar-refractivity contribution in [3.8, 4) is 0 Å². The van der Waals surface area contributed by atoms with Crippen molar-refractivity contribution in [3.05, 3.63) is 0 Å². The smallest absolute Gasteiger partial charge is 0.0991 e. The van der Waals surface area contributed by atoms with Gasteiger partial charge in [-0.2, -0.15) is 0 Å². The van der Waals surface area contributed by atoms with Gasteiger partial charge in [0, 0.05) is 18.5 Å². The van der Waals surface area contributed by atoms with Gasteiger partial charge < -0.3 is 4.90 Å². The average Bonchev–Trinajstić information content (AvgIpc) is 2.80. The van der Waals surface area contributed by atoms with Gasteiger partial charge in [0.25, 0.3) is 0 Å². The summed E-state index contributed by atoms with van der Waals surface area (Å²) < 4.78 is 0. The van der Waals surface area contributed by atoms with Crippen LogP contribution in [0.15, 0.2) is 0 Å². The van der Waals surface area contributed by atoms with E-state index in [1.807, 2.05) is 0 Å². The fraction of sp³-hybridized carbons (Fsp3) is 0.909. The molecule has 76 valence electrons. The largest absolute Gasteiger partial charge is 0.358 e. The lowest BCUT2D eigenvalue weighted by Gasteiger charge is -2.31. The minimum atomic E-state index is 0.482. The van der Waals surface area contributed by atoms with Gasteiger partial charge in [-0.25, -0.2) is 0 Å². The van der Waals surface area contributed by atoms with Crippen LogP contribution in [0.3, 0.4) is 0 Å². The van der Waals surface area contributed by atoms with Gasteiger partial charge in [-0.3, -0.25) is 5.41 Å². The lowest BCUT2D eigenvalue weighted by atomic mass is 10.1. The maximum Gasteiger partial charge on any atom is 0.0991 e. The summed E-state index contributed by atoms with van der Waals surface area (Å²) in [4.78, 5) is 2.25. The minimum absolute atomic E-state index is 0.482. The molecule has 13 heavy (non-hydrogen) atoms. The second-order valence-electron chi connectivity index (χ2n) is 4.80. The summed E-state index contributed by atoms with van der Waals surface area (Å²) >= 11 is 0. The van der Waals surface area contributed by atoms with Crippen LogP contribution >= 0.6 is 0 Å². The summed E-state index contributed by atoms with van der Waals surface area (Å²) in [7, 11) is 0. The second kappa shape index (κ2) is 4.12. The van der Waals surface area contributed by atoms with Crippen molar-refractivity contribution in [2.45, 2.75) is 46.6 Å². The van der Waals surface area contributed by atoms with E-state index in [-0.39, 0.29) is 0 Å². The summed E-state index contributed by atoms with van der Waals surface area (Å²) in [5, 5.41) is 8.01. The van der Waals surface area contributed by atoms with Gasteiger partial charge in [-0.15, -0.1) is 0 Å². The first-order valence-corrected chi connectivity index (χ1v) is 5.37. The van der Waals surface area contributed by atoms with Crippen LogP contribution in [0, 0.1) is 17.2 Å². The highest BCUT2D eigenvalue weighted by Crippen LogP contribution is 2.32. The zero-order valence-corrected chi connectivity index (χ0v) is 9.30. The van der Waals surface area contributed by atoms with Gasteiger partial charge in [0.05, 0.1) is 5.84 Å². The van der Waals surface area contributed by atoms with E-state index in [2.05, 4.69) is 32.6 Å². The first-order valence-electron chi connectivity index (χ1n) is 5.37. The van der Waals surface area contributed by atoms with Gasteiger partial charge in [0.1, 0.15) is 0 Å². The predicted molar refractivity (Wildman–Crippen MR) is 57.1 cm³/mol. The Bertz CT molecular complexity index is 181. The molecule has 0 spiro atoms. The molecule has 2 nitrogen and oxygen atoms in total. The molecule has 0 heterocycles. The maximum atomic E-state index is 8.01. The van der Waals surface area contributed by atoms with Crippen molar-refractivity contribution in [2.24, 2.45) is 11.8 Å². The highest BCUT2D eigenvalue weighted by molar-refractivity contribution is 5.84. The number of hydrogen-bond acceptors (Lipinski definition) is 1. The Morgan fingerprint density at radius 1 is 1.31 bits per heavy atom. The van der Waals surface area contributed by atoms with Crippen molar-refractivity contribution in [3.63, 3.8) is 0 Å². The molecule has 0 saturated heterocycles. The molecule has 0 aromatic rings. The molecule has 1 rings (SSSR count). The first kappa shape index (κ1) is 10.6. The van der Waals surface area contributed by atoms with E-state index in [4.69, 9.17) is 5.41 Å². The summed E-state index contributed by atoms with van der Waals surface area (Å²) in [6.07, 6.45) is 2.47. The molecule has 0 aliphatic heterocycles. The Hall–Kier alpha value is -0.530. The molecule has 0 atom stereocenters. The molecular weight excluding hydrogens is 160 g/mol. The van der Waals surface area contributed by atoms with Crippen LogP contribution in [0.4, 0.5) is 0 Å². The fourth-order valence-corrected chi connectivity index (χ4v) is 1.57. The highest BCUT2D eigenvalue weighted by atomic mass is 15.2. The first-order chi connectivity index (χ1) is 6.02. The molecule has 1 fully saturated rings. The quantitative estimate of drug-likeness (QED) is 0.525. The van der Waals surface area contributed by atoms with Crippen molar-refractivity contribution >= 4 is 5.84 Å². The van der Waals surface area contributed by atoms with Crippen molar-refractivity contribution in [1.82, 2.24) is 4.90 Å². The zero-order valence-electron chi connectivity index (χ0n) is 9.30. The number of amidine groups is 1. The van der Waals surface area contributed by atoms with Crippen molar-refractivity contribution in [2.75, 3.05) is 6.54 Å². The SMILES string of the molecule is CC(C)CN(C(=N)C1CC1)C(C)C. The van der Waals surface area contributed by atoms with E-state index < -0.39 is 0 Å². The van der Waals surface area contributed by atoms with Crippen LogP contribution in [0.1, 0.15) is 40.5 Å². The molecule has 1 saturated carbocycles. The Morgan fingerprint density at radius 3 is 2.15 bits per heavy atom. The molecule has 0 aromatic carbocycles. The molecular formula is C11H22N2. The number of nitrogens with zero attached hydrogens (tertiary/aromatic N) is 1. The highest BCUT2D eigenvalue weighted by Gasteiger charge is 2.31. The minimum Gasteiger partial charge on any atom is -0.358 e. The van der Waals surface area contributed by atoms with Crippen LogP contribution in [-0.4, -0.2) is 23.3 Å². The molecule has 1 aliphatic carbocycles. The second-order valence-corrected chi connectivity index (χ2v) is 4.80. The lowest BCUT2D eigenvalue weighted by Crippen LogP contribution is -2.40. The third-order valence-corrected chi connectivity index (χ3v) is 2.46. The van der Waals surface area contributed by atoms with Crippen molar-refractivity contribution < 1.29 is 0 Å². The van der Waals surface area contributed by atoms with E-state index in [0.29, 0.717) is 17.9 Å². The summed E-state index contributed by atoms with van der Waals surface area (Å²) in [5.41, 5.74) is 0. The Balaban J connectivity index is 2.50. The maximum absolute atomic E-state index is 8.01. The molecule has 0 amide bonds. The van der Waals surface area contributed by atoms with Gasteiger partial charge in [0.2, 0.25) is 0 Å². The van der Waals surface area contributed by atoms with Gasteiger partial charge in [-0.05, 0) is 32.6 Å². The van der Waals surface area contributed by atoms with Crippen LogP contribution in [0.5, 0.6) is 0 Å². The zero-order chi connectivity index (χ0) is 10.0. The topological polar surface area (TPSA) is 27.1 Å². The van der Waals surface area contributed by atoms with Gasteiger partial charge in [-0.1, -0.05) is 13.8 Å². The van der Waals surface area contributed by atoms with E-state index >= 15 is 0 Å². The van der Waals surface area contributed by atoms with Crippen molar-refractivity contribution in [1.29, 1.82) is 5.41 Å². The third-order valence-electron chi connectivity index (χ3n) is 2.46. The van der Waals surface area contributed by atoms with Crippen LogP contribution in [0.25, 0.3) is 0 Å². The number of hydrogen-bond donors (Lipinski definition) is 1. The summed E-state index contributed by atoms with van der Waals surface area (Å²) in [6, 6.07) is 0.482. The molecule has 0 aromatic heterocycles. The number of rotatable bonds is 4. The average molecular weight is 182 g/mol. The number of nitrogens with one attached hydrogen (secondary N) is 1. The van der Waals surface area contributed by atoms with Gasteiger partial charge >= 0.3 is 0 Å². The fourth-order valence-electron chi connectivity index (χ4n) is 1.57. The van der Waals surface area contributed by atoms with Crippen LogP contribution in [0.2, 0.25) is 0 Å². The van der Waals surface area contributed by atoms with Crippen LogP contribution < -0.4 is 0 Å². The Labute approximate surface area is 81.8 Å². The Kier molecular flexibility index (Phi) is 3.34. The Morgan fingerprint density at radius 2 is 1.85 bits per heavy atom. The van der Waals surface area contributed by atoms with E-state index in [1.165, 1.54) is 12.8 Å². The predicted octanol–water partition coefficient (Wildman–Crippen LogP) is 2.74. The molecule has 0 bridgehead atoms. The standard InChI is InChI=1S/C11H22N2/c1-8(2)7-13(9(3)4)11(12)10-5-6-10/h8-10,12H,5-7H2,1-4H3. The lowest BCUT2D eigenvalue weighted by molar-refractivity contribution is 0.302. The summed E-state index contributed by atoms with van der Waals surface area (Å²) in [6.45, 7) is 9.83. The van der Waals surface area contributed by atoms with E-state index in [0.717, 1.165) is 12.4 Å². The molecule has 1 N–H and O–H groups in total. The molecule has 2 heteroatoms.